The van der Waals surface area contributed by atoms with Crippen LogP contribution in [0.2, 0.25) is 0 Å². The van der Waals surface area contributed by atoms with E-state index >= 15 is 0 Å². The standard InChI is InChI=1S/C15H23NO2S/c1-11-6-12(2)10-16(9-11)13(8-15(17)18)7-14-4-3-5-19-14/h3-5,11-13H,6-10H2,1-2H3,(H,17,18). The fraction of sp³-hybridized carbons (Fsp3) is 0.667. The van der Waals surface area contributed by atoms with Crippen LogP contribution in [0.3, 0.4) is 0 Å². The molecule has 0 aliphatic carbocycles. The zero-order valence-corrected chi connectivity index (χ0v) is 12.5. The van der Waals surface area contributed by atoms with Gasteiger partial charge in [-0.05, 0) is 36.1 Å². The van der Waals surface area contributed by atoms with Crippen LogP contribution in [0.15, 0.2) is 17.5 Å². The largest absolute Gasteiger partial charge is 0.481 e. The number of nitrogens with zero attached hydrogens (tertiary/aromatic N) is 1. The Morgan fingerprint density at radius 1 is 1.47 bits per heavy atom. The maximum absolute atomic E-state index is 11.1. The van der Waals surface area contributed by atoms with Gasteiger partial charge in [-0.15, -0.1) is 11.3 Å². The highest BCUT2D eigenvalue weighted by atomic mass is 32.1. The number of hydrogen-bond donors (Lipinski definition) is 1. The molecular formula is C15H23NO2S. The molecular weight excluding hydrogens is 258 g/mol. The fourth-order valence-electron chi connectivity index (χ4n) is 3.20. The molecule has 0 amide bonds. The van der Waals surface area contributed by atoms with Crippen molar-refractivity contribution in [2.75, 3.05) is 13.1 Å². The Hall–Kier alpha value is -0.870. The van der Waals surface area contributed by atoms with Crippen LogP contribution in [-0.4, -0.2) is 35.1 Å². The molecule has 2 rings (SSSR count). The van der Waals surface area contributed by atoms with Crippen molar-refractivity contribution in [3.8, 4) is 0 Å². The molecule has 1 aromatic heterocycles. The van der Waals surface area contributed by atoms with Gasteiger partial charge in [-0.2, -0.15) is 0 Å². The smallest absolute Gasteiger partial charge is 0.304 e. The summed E-state index contributed by atoms with van der Waals surface area (Å²) in [4.78, 5) is 14.8. The third kappa shape index (κ3) is 4.32. The Morgan fingerprint density at radius 2 is 2.16 bits per heavy atom. The number of carbonyl (C=O) groups is 1. The van der Waals surface area contributed by atoms with Gasteiger partial charge in [0, 0.05) is 24.0 Å². The second kappa shape index (κ2) is 6.53. The molecule has 0 bridgehead atoms. The summed E-state index contributed by atoms with van der Waals surface area (Å²) < 4.78 is 0. The molecule has 1 saturated heterocycles. The first-order chi connectivity index (χ1) is 9.04. The Bertz CT molecular complexity index is 394. The Morgan fingerprint density at radius 3 is 2.68 bits per heavy atom. The average molecular weight is 281 g/mol. The van der Waals surface area contributed by atoms with Crippen LogP contribution in [-0.2, 0) is 11.2 Å². The minimum atomic E-state index is -0.688. The van der Waals surface area contributed by atoms with E-state index < -0.39 is 5.97 Å². The number of piperidine rings is 1. The van der Waals surface area contributed by atoms with Gasteiger partial charge < -0.3 is 5.11 Å². The maximum atomic E-state index is 11.1. The molecule has 2 heterocycles. The first kappa shape index (κ1) is 14.5. The SMILES string of the molecule is CC1CC(C)CN(C(CC(=O)O)Cc2cccs2)C1. The summed E-state index contributed by atoms with van der Waals surface area (Å²) in [6, 6.07) is 4.29. The van der Waals surface area contributed by atoms with Gasteiger partial charge in [0.15, 0.2) is 0 Å². The van der Waals surface area contributed by atoms with E-state index in [1.165, 1.54) is 11.3 Å². The van der Waals surface area contributed by atoms with Gasteiger partial charge >= 0.3 is 5.97 Å². The van der Waals surface area contributed by atoms with Crippen molar-refractivity contribution < 1.29 is 9.90 Å². The third-order valence-corrected chi connectivity index (χ3v) is 4.74. The maximum Gasteiger partial charge on any atom is 0.304 e. The predicted molar refractivity (Wildman–Crippen MR) is 78.6 cm³/mol. The van der Waals surface area contributed by atoms with E-state index in [9.17, 15) is 4.79 Å². The number of rotatable bonds is 5. The van der Waals surface area contributed by atoms with Crippen molar-refractivity contribution in [2.24, 2.45) is 11.8 Å². The van der Waals surface area contributed by atoms with E-state index in [0.29, 0.717) is 11.8 Å². The fourth-order valence-corrected chi connectivity index (χ4v) is 3.98. The van der Waals surface area contributed by atoms with Gasteiger partial charge in [-0.25, -0.2) is 0 Å². The van der Waals surface area contributed by atoms with Gasteiger partial charge in [-0.3, -0.25) is 9.69 Å². The number of likely N-dealkylation sites (tertiary alicyclic amines) is 1. The van der Waals surface area contributed by atoms with Gasteiger partial charge in [0.25, 0.3) is 0 Å². The molecule has 0 spiro atoms. The summed E-state index contributed by atoms with van der Waals surface area (Å²) in [5, 5.41) is 11.2. The van der Waals surface area contributed by atoms with Crippen LogP contribution < -0.4 is 0 Å². The second-order valence-corrected chi connectivity index (χ2v) is 6.97. The molecule has 1 N–H and O–H groups in total. The molecule has 0 aromatic carbocycles. The first-order valence-electron chi connectivity index (χ1n) is 7.02. The molecule has 19 heavy (non-hydrogen) atoms. The number of carboxylic acids is 1. The lowest BCUT2D eigenvalue weighted by Crippen LogP contribution is -2.46. The Balaban J connectivity index is 2.05. The van der Waals surface area contributed by atoms with Crippen LogP contribution in [0.5, 0.6) is 0 Å². The molecule has 4 heteroatoms. The van der Waals surface area contributed by atoms with Crippen LogP contribution >= 0.6 is 11.3 Å². The zero-order chi connectivity index (χ0) is 13.8. The van der Waals surface area contributed by atoms with Gasteiger partial charge in [-0.1, -0.05) is 19.9 Å². The molecule has 3 atom stereocenters. The van der Waals surface area contributed by atoms with E-state index in [0.717, 1.165) is 19.5 Å². The summed E-state index contributed by atoms with van der Waals surface area (Å²) in [7, 11) is 0. The highest BCUT2D eigenvalue weighted by Crippen LogP contribution is 2.26. The number of thiophene rings is 1. The Labute approximate surface area is 119 Å². The molecule has 1 fully saturated rings. The van der Waals surface area contributed by atoms with Gasteiger partial charge in [0.1, 0.15) is 0 Å². The van der Waals surface area contributed by atoms with Gasteiger partial charge in [0.2, 0.25) is 0 Å². The normalized spacial score (nSPS) is 26.2. The van der Waals surface area contributed by atoms with E-state index in [2.05, 4.69) is 30.2 Å². The minimum absolute atomic E-state index is 0.140. The monoisotopic (exact) mass is 281 g/mol. The van der Waals surface area contributed by atoms with E-state index in [1.54, 1.807) is 11.3 Å². The van der Waals surface area contributed by atoms with Crippen molar-refractivity contribution in [3.05, 3.63) is 22.4 Å². The summed E-state index contributed by atoms with van der Waals surface area (Å²) in [6.07, 6.45) is 2.37. The lowest BCUT2D eigenvalue weighted by Gasteiger charge is -2.39. The van der Waals surface area contributed by atoms with Crippen LogP contribution in [0.1, 0.15) is 31.6 Å². The lowest BCUT2D eigenvalue weighted by atomic mass is 9.90. The molecule has 1 aliphatic rings. The number of aliphatic carboxylic acids is 1. The molecule has 1 aromatic rings. The summed E-state index contributed by atoms with van der Waals surface area (Å²) in [6.45, 7) is 6.61. The molecule has 3 nitrogen and oxygen atoms in total. The topological polar surface area (TPSA) is 40.5 Å². The average Bonchev–Trinajstić information content (AvgIpc) is 2.79. The highest BCUT2D eigenvalue weighted by molar-refractivity contribution is 7.09. The second-order valence-electron chi connectivity index (χ2n) is 5.94. The van der Waals surface area contributed by atoms with Crippen molar-refractivity contribution in [1.29, 1.82) is 0 Å². The molecule has 0 saturated carbocycles. The van der Waals surface area contributed by atoms with Crippen molar-refractivity contribution in [1.82, 2.24) is 4.90 Å². The summed E-state index contributed by atoms with van der Waals surface area (Å²) >= 11 is 1.72. The third-order valence-electron chi connectivity index (χ3n) is 3.84. The van der Waals surface area contributed by atoms with Gasteiger partial charge in [0.05, 0.1) is 6.42 Å². The minimum Gasteiger partial charge on any atom is -0.481 e. The highest BCUT2D eigenvalue weighted by Gasteiger charge is 2.29. The lowest BCUT2D eigenvalue weighted by molar-refractivity contribution is -0.138. The summed E-state index contributed by atoms with van der Waals surface area (Å²) in [5.41, 5.74) is 0. The molecule has 106 valence electrons. The van der Waals surface area contributed by atoms with Crippen LogP contribution in [0.25, 0.3) is 0 Å². The Kier molecular flexibility index (Phi) is 4.99. The first-order valence-corrected chi connectivity index (χ1v) is 7.90. The zero-order valence-electron chi connectivity index (χ0n) is 11.7. The van der Waals surface area contributed by atoms with Crippen molar-refractivity contribution in [2.45, 2.75) is 39.2 Å². The van der Waals surface area contributed by atoms with Crippen LogP contribution in [0.4, 0.5) is 0 Å². The van der Waals surface area contributed by atoms with Crippen molar-refractivity contribution in [3.63, 3.8) is 0 Å². The predicted octanol–water partition coefficient (Wildman–Crippen LogP) is 3.11. The number of hydrogen-bond acceptors (Lipinski definition) is 3. The van der Waals surface area contributed by atoms with E-state index in [4.69, 9.17) is 5.11 Å². The van der Waals surface area contributed by atoms with E-state index in [-0.39, 0.29) is 12.5 Å². The molecule has 1 aliphatic heterocycles. The van der Waals surface area contributed by atoms with Crippen molar-refractivity contribution >= 4 is 17.3 Å². The molecule has 3 unspecified atom stereocenters. The molecule has 0 radical (unpaired) electrons. The van der Waals surface area contributed by atoms with Crippen LogP contribution in [0, 0.1) is 11.8 Å². The quantitative estimate of drug-likeness (QED) is 0.901. The summed E-state index contributed by atoms with van der Waals surface area (Å²) in [5.74, 6) is 0.652. The van der Waals surface area contributed by atoms with E-state index in [1.807, 2.05) is 6.07 Å². The number of carboxylic acid groups (broad SMARTS) is 1.